The summed E-state index contributed by atoms with van der Waals surface area (Å²) in [5.41, 5.74) is 6.79. The second kappa shape index (κ2) is 6.45. The molecule has 4 N–H and O–H groups in total. The largest absolute Gasteiger partial charge is 0.478 e. The van der Waals surface area contributed by atoms with Crippen LogP contribution in [0.4, 0.5) is 11.4 Å². The highest BCUT2D eigenvalue weighted by Gasteiger charge is 2.31. The van der Waals surface area contributed by atoms with Gasteiger partial charge in [0.15, 0.2) is 0 Å². The van der Waals surface area contributed by atoms with E-state index in [-0.39, 0.29) is 18.1 Å². The van der Waals surface area contributed by atoms with Crippen LogP contribution in [0.2, 0.25) is 0 Å². The predicted octanol–water partition coefficient (Wildman–Crippen LogP) is 0.308. The molecule has 0 aliphatic carbocycles. The molecule has 0 saturated carbocycles. The van der Waals surface area contributed by atoms with Crippen LogP contribution in [-0.2, 0) is 9.53 Å². The van der Waals surface area contributed by atoms with Gasteiger partial charge in [-0.05, 0) is 25.1 Å². The molecule has 1 aliphatic heterocycles. The lowest BCUT2D eigenvalue weighted by Crippen LogP contribution is -2.54. The van der Waals surface area contributed by atoms with Crippen molar-refractivity contribution < 1.29 is 19.4 Å². The number of carboxylic acids is 1. The molecule has 1 aliphatic rings. The zero-order valence-electron chi connectivity index (χ0n) is 11.8. The molecular formula is C14H19N3O4. The van der Waals surface area contributed by atoms with Gasteiger partial charge in [-0.25, -0.2) is 4.79 Å². The molecule has 1 heterocycles. The number of anilines is 2. The number of hydrogen-bond acceptors (Lipinski definition) is 5. The molecule has 1 fully saturated rings. The average molecular weight is 293 g/mol. The van der Waals surface area contributed by atoms with Crippen LogP contribution in [0.3, 0.4) is 0 Å². The number of nitrogens with two attached hydrogens (primary N) is 1. The first-order chi connectivity index (χ1) is 10.0. The molecule has 1 amide bonds. The summed E-state index contributed by atoms with van der Waals surface area (Å²) in [6, 6.07) is 4.02. The Morgan fingerprint density at radius 3 is 2.95 bits per heavy atom. The average Bonchev–Trinajstić information content (AvgIpc) is 2.47. The highest BCUT2D eigenvalue weighted by molar-refractivity contribution is 5.97. The first kappa shape index (κ1) is 15.1. The lowest BCUT2D eigenvalue weighted by atomic mass is 10.1. The van der Waals surface area contributed by atoms with E-state index in [0.717, 1.165) is 0 Å². The van der Waals surface area contributed by atoms with Crippen LogP contribution >= 0.6 is 0 Å². The van der Waals surface area contributed by atoms with Gasteiger partial charge in [-0.3, -0.25) is 4.79 Å². The van der Waals surface area contributed by atoms with E-state index in [0.29, 0.717) is 31.1 Å². The molecule has 0 aromatic heterocycles. The molecule has 1 aromatic carbocycles. The van der Waals surface area contributed by atoms with Crippen molar-refractivity contribution in [2.45, 2.75) is 13.0 Å². The zero-order chi connectivity index (χ0) is 15.4. The fourth-order valence-corrected chi connectivity index (χ4v) is 2.37. The van der Waals surface area contributed by atoms with Gasteiger partial charge in [-0.15, -0.1) is 0 Å². The number of benzene rings is 1. The van der Waals surface area contributed by atoms with Gasteiger partial charge in [0, 0.05) is 18.8 Å². The fraction of sp³-hybridized carbons (Fsp3) is 0.429. The maximum absolute atomic E-state index is 12.1. The number of nitrogen functional groups attached to an aromatic ring is 1. The number of nitrogens with one attached hydrogen (secondary N) is 1. The first-order valence-electron chi connectivity index (χ1n) is 6.79. The van der Waals surface area contributed by atoms with Gasteiger partial charge in [0.1, 0.15) is 6.04 Å². The summed E-state index contributed by atoms with van der Waals surface area (Å²) in [5.74, 6) is -1.23. The minimum Gasteiger partial charge on any atom is -0.478 e. The molecule has 1 atom stereocenters. The molecule has 0 radical (unpaired) electrons. The Morgan fingerprint density at radius 2 is 2.29 bits per heavy atom. The van der Waals surface area contributed by atoms with Crippen molar-refractivity contribution >= 4 is 23.3 Å². The van der Waals surface area contributed by atoms with Crippen LogP contribution in [0.5, 0.6) is 0 Å². The number of carbonyl (C=O) groups excluding carboxylic acids is 1. The summed E-state index contributed by atoms with van der Waals surface area (Å²) in [7, 11) is 0. The predicted molar refractivity (Wildman–Crippen MR) is 78.5 cm³/mol. The molecule has 7 nitrogen and oxygen atoms in total. The van der Waals surface area contributed by atoms with Gasteiger partial charge in [0.2, 0.25) is 5.91 Å². The van der Waals surface area contributed by atoms with E-state index in [1.54, 1.807) is 11.0 Å². The maximum atomic E-state index is 12.1. The number of carboxylic acid groups (broad SMARTS) is 1. The SMILES string of the molecule is CCNC(=O)C1COCCN1c1cc(N)ccc1C(=O)O. The maximum Gasteiger partial charge on any atom is 0.337 e. The number of hydrogen-bond donors (Lipinski definition) is 3. The third kappa shape index (κ3) is 3.25. The van der Waals surface area contributed by atoms with E-state index >= 15 is 0 Å². The number of morpholine rings is 1. The van der Waals surface area contributed by atoms with Crippen molar-refractivity contribution in [3.05, 3.63) is 23.8 Å². The third-order valence-corrected chi connectivity index (χ3v) is 3.34. The van der Waals surface area contributed by atoms with Gasteiger partial charge >= 0.3 is 5.97 Å². The van der Waals surface area contributed by atoms with Crippen molar-refractivity contribution in [1.29, 1.82) is 0 Å². The summed E-state index contributed by atoms with van der Waals surface area (Å²) in [5, 5.41) is 12.1. The number of rotatable bonds is 4. The summed E-state index contributed by atoms with van der Waals surface area (Å²) in [4.78, 5) is 25.3. The number of nitrogens with zero attached hydrogens (tertiary/aromatic N) is 1. The summed E-state index contributed by atoms with van der Waals surface area (Å²) in [6.45, 7) is 3.43. The molecular weight excluding hydrogens is 274 g/mol. The van der Waals surface area contributed by atoms with E-state index < -0.39 is 12.0 Å². The van der Waals surface area contributed by atoms with Crippen LogP contribution < -0.4 is 16.0 Å². The minimum atomic E-state index is -1.05. The minimum absolute atomic E-state index is 0.125. The van der Waals surface area contributed by atoms with Crippen LogP contribution in [0, 0.1) is 0 Å². The Bertz CT molecular complexity index is 547. The molecule has 21 heavy (non-hydrogen) atoms. The standard InChI is InChI=1S/C14H19N3O4/c1-2-16-13(18)12-8-21-6-5-17(12)11-7-9(15)3-4-10(11)14(19)20/h3-4,7,12H,2,5-6,8,15H2,1H3,(H,16,18)(H,19,20). The Labute approximate surface area is 122 Å². The second-order valence-electron chi connectivity index (χ2n) is 4.76. The van der Waals surface area contributed by atoms with E-state index in [1.807, 2.05) is 6.92 Å². The summed E-state index contributed by atoms with van der Waals surface area (Å²) in [6.07, 6.45) is 0. The third-order valence-electron chi connectivity index (χ3n) is 3.34. The van der Waals surface area contributed by atoms with E-state index in [1.165, 1.54) is 12.1 Å². The highest BCUT2D eigenvalue weighted by atomic mass is 16.5. The Hall–Kier alpha value is -2.28. The fourth-order valence-electron chi connectivity index (χ4n) is 2.37. The van der Waals surface area contributed by atoms with Gasteiger partial charge in [0.05, 0.1) is 24.5 Å². The lowest BCUT2D eigenvalue weighted by molar-refractivity contribution is -0.124. The van der Waals surface area contributed by atoms with Crippen LogP contribution in [0.25, 0.3) is 0 Å². The molecule has 0 spiro atoms. The topological polar surface area (TPSA) is 105 Å². The van der Waals surface area contributed by atoms with Gasteiger partial charge in [-0.1, -0.05) is 0 Å². The number of aromatic carboxylic acids is 1. The Morgan fingerprint density at radius 1 is 1.52 bits per heavy atom. The smallest absolute Gasteiger partial charge is 0.337 e. The molecule has 114 valence electrons. The van der Waals surface area contributed by atoms with E-state index in [4.69, 9.17) is 10.5 Å². The molecule has 2 rings (SSSR count). The molecule has 1 unspecified atom stereocenters. The van der Waals surface area contributed by atoms with Crippen molar-refractivity contribution in [1.82, 2.24) is 5.32 Å². The van der Waals surface area contributed by atoms with Crippen molar-refractivity contribution in [3.63, 3.8) is 0 Å². The summed E-state index contributed by atoms with van der Waals surface area (Å²) < 4.78 is 5.35. The quantitative estimate of drug-likeness (QED) is 0.690. The zero-order valence-corrected chi connectivity index (χ0v) is 11.8. The van der Waals surface area contributed by atoms with Gasteiger partial charge < -0.3 is 25.8 Å². The monoisotopic (exact) mass is 293 g/mol. The lowest BCUT2D eigenvalue weighted by Gasteiger charge is -2.37. The Kier molecular flexibility index (Phi) is 4.64. The van der Waals surface area contributed by atoms with Crippen LogP contribution in [0.1, 0.15) is 17.3 Å². The number of ether oxygens (including phenoxy) is 1. The second-order valence-corrected chi connectivity index (χ2v) is 4.76. The van der Waals surface area contributed by atoms with Crippen LogP contribution in [-0.4, -0.2) is 49.3 Å². The van der Waals surface area contributed by atoms with Gasteiger partial charge in [0.25, 0.3) is 0 Å². The molecule has 1 saturated heterocycles. The molecule has 1 aromatic rings. The van der Waals surface area contributed by atoms with Crippen molar-refractivity contribution in [2.75, 3.05) is 36.9 Å². The van der Waals surface area contributed by atoms with E-state index in [9.17, 15) is 14.7 Å². The van der Waals surface area contributed by atoms with Crippen LogP contribution in [0.15, 0.2) is 18.2 Å². The Balaban J connectivity index is 2.39. The van der Waals surface area contributed by atoms with Crippen molar-refractivity contribution in [2.24, 2.45) is 0 Å². The first-order valence-corrected chi connectivity index (χ1v) is 6.79. The normalized spacial score (nSPS) is 18.3. The van der Waals surface area contributed by atoms with E-state index in [2.05, 4.69) is 5.32 Å². The van der Waals surface area contributed by atoms with Crippen molar-refractivity contribution in [3.8, 4) is 0 Å². The molecule has 0 bridgehead atoms. The number of carbonyl (C=O) groups is 2. The highest BCUT2D eigenvalue weighted by Crippen LogP contribution is 2.27. The van der Waals surface area contributed by atoms with Gasteiger partial charge in [-0.2, -0.15) is 0 Å². The summed E-state index contributed by atoms with van der Waals surface area (Å²) >= 11 is 0. The molecule has 7 heteroatoms. The number of likely N-dealkylation sites (N-methyl/N-ethyl adjacent to an activating group) is 1. The number of amides is 1.